The summed E-state index contributed by atoms with van der Waals surface area (Å²) < 4.78 is 10.2. The minimum Gasteiger partial charge on any atom is -0.418 e. The Bertz CT molecular complexity index is 483. The van der Waals surface area contributed by atoms with E-state index in [0.29, 0.717) is 12.8 Å². The third-order valence-corrected chi connectivity index (χ3v) is 5.59. The Morgan fingerprint density at radius 1 is 0.559 bits per heavy atom. The van der Waals surface area contributed by atoms with Crippen LogP contribution in [0.3, 0.4) is 0 Å². The van der Waals surface area contributed by atoms with Gasteiger partial charge in [0.2, 0.25) is 0 Å². The van der Waals surface area contributed by atoms with Gasteiger partial charge in [0.05, 0.1) is 0 Å². The zero-order valence-electron chi connectivity index (χ0n) is 22.2. The number of nitrogens with zero attached hydrogens (tertiary/aromatic N) is 1. The molecule has 0 aliphatic rings. The summed E-state index contributed by atoms with van der Waals surface area (Å²) in [5.74, 6) is -1.07. The van der Waals surface area contributed by atoms with Crippen molar-refractivity contribution < 1.29 is 33.8 Å². The van der Waals surface area contributed by atoms with Crippen LogP contribution >= 0.6 is 0 Å². The average Bonchev–Trinajstić information content (AvgIpc) is 2.76. The van der Waals surface area contributed by atoms with Crippen molar-refractivity contribution in [3.8, 4) is 0 Å². The van der Waals surface area contributed by atoms with E-state index in [1.165, 1.54) is 78.1 Å². The fourth-order valence-electron chi connectivity index (χ4n) is 3.74. The monoisotopic (exact) mass is 488 g/mol. The van der Waals surface area contributed by atoms with E-state index in [1.807, 2.05) is 0 Å². The van der Waals surface area contributed by atoms with Crippen LogP contribution in [0, 0.1) is 4.91 Å². The van der Waals surface area contributed by atoms with Gasteiger partial charge in [-0.15, -0.1) is 9.68 Å². The minimum absolute atomic E-state index is 0.0866. The topological polar surface area (TPSA) is 91.1 Å². The average molecular weight is 489 g/mol. The predicted molar refractivity (Wildman–Crippen MR) is 131 cm³/mol. The summed E-state index contributed by atoms with van der Waals surface area (Å²) in [6.07, 6.45) is 16.8. The summed E-state index contributed by atoms with van der Waals surface area (Å²) in [4.78, 5) is 45.2. The maximum absolute atomic E-state index is 12.2. The van der Waals surface area contributed by atoms with Crippen molar-refractivity contribution in [1.29, 1.82) is 0 Å². The zero-order chi connectivity index (χ0) is 25.4. The Hall–Kier alpha value is -1.86. The van der Waals surface area contributed by atoms with E-state index in [4.69, 9.17) is 19.1 Å². The quantitative estimate of drug-likeness (QED) is 0.0602. The second kappa shape index (κ2) is 22.9. The number of carbonyl (C=O) groups is 2. The number of rotatable bonds is 24. The van der Waals surface area contributed by atoms with Crippen molar-refractivity contribution in [2.24, 2.45) is 0 Å². The Balaban J connectivity index is 4.32. The van der Waals surface area contributed by atoms with Crippen molar-refractivity contribution in [3.63, 3.8) is 0 Å². The number of carbonyl (C=O) groups excluding carboxylic acids is 2. The lowest BCUT2D eigenvalue weighted by Crippen LogP contribution is -2.30. The van der Waals surface area contributed by atoms with Gasteiger partial charge in [-0.25, -0.2) is 0 Å². The molecule has 0 saturated carbocycles. The molecule has 0 aliphatic carbocycles. The predicted octanol–water partition coefficient (Wildman–Crippen LogP) is 7.47. The Labute approximate surface area is 206 Å². The second-order valence-electron chi connectivity index (χ2n) is 9.04. The third-order valence-electron chi connectivity index (χ3n) is 5.59. The fraction of sp³-hybridized carbons (Fsp3) is 0.923. The van der Waals surface area contributed by atoms with Gasteiger partial charge in [-0.3, -0.25) is 9.59 Å². The summed E-state index contributed by atoms with van der Waals surface area (Å²) in [7, 11) is 0. The number of unbranched alkanes of at least 4 members (excludes halogenated alkanes) is 14. The summed E-state index contributed by atoms with van der Waals surface area (Å²) in [6, 6.07) is 0. The molecule has 8 heteroatoms. The molecule has 2 atom stereocenters. The maximum atomic E-state index is 12.2. The Kier molecular flexibility index (Phi) is 21.7. The van der Waals surface area contributed by atoms with Crippen LogP contribution in [0.4, 0.5) is 0 Å². The van der Waals surface area contributed by atoms with Crippen LogP contribution in [0.25, 0.3) is 0 Å². The highest BCUT2D eigenvalue weighted by atomic mass is 17.1. The first-order valence-corrected chi connectivity index (χ1v) is 13.5. The van der Waals surface area contributed by atoms with E-state index in [-0.39, 0.29) is 5.09 Å². The van der Waals surface area contributed by atoms with Crippen LogP contribution < -0.4 is 0 Å². The molecule has 0 fully saturated rings. The standard InChI is InChI=1S/C26H50NO7/c1-5-7-9-11-13-15-17-19-21-25(31-23(3)28)33-27(30)34-26(32-24(4)29)22-20-18-16-14-12-10-8-6-2/h25-26H,5-22H2,1-4H3/q+1. The molecule has 2 unspecified atom stereocenters. The number of ether oxygens (including phenoxy) is 2. The first-order chi connectivity index (χ1) is 16.4. The molecule has 8 nitrogen and oxygen atoms in total. The van der Waals surface area contributed by atoms with Gasteiger partial charge in [0.25, 0.3) is 0 Å². The zero-order valence-corrected chi connectivity index (χ0v) is 22.2. The molecule has 0 amide bonds. The molecule has 0 bridgehead atoms. The highest BCUT2D eigenvalue weighted by molar-refractivity contribution is 5.66. The van der Waals surface area contributed by atoms with Crippen molar-refractivity contribution in [2.75, 3.05) is 0 Å². The summed E-state index contributed by atoms with van der Waals surface area (Å²) in [6.45, 7) is 6.93. The minimum atomic E-state index is -1.03. The largest absolute Gasteiger partial charge is 0.485 e. The van der Waals surface area contributed by atoms with E-state index >= 15 is 0 Å². The third kappa shape index (κ3) is 22.0. The maximum Gasteiger partial charge on any atom is 0.485 e. The molecule has 0 aliphatic heterocycles. The van der Waals surface area contributed by atoms with Crippen LogP contribution in [0.1, 0.15) is 143 Å². The van der Waals surface area contributed by atoms with Gasteiger partial charge in [0.1, 0.15) is 4.91 Å². The lowest BCUT2D eigenvalue weighted by molar-refractivity contribution is -1.00. The second-order valence-corrected chi connectivity index (χ2v) is 9.04. The van der Waals surface area contributed by atoms with Gasteiger partial charge < -0.3 is 9.47 Å². The van der Waals surface area contributed by atoms with E-state index < -0.39 is 24.5 Å². The van der Waals surface area contributed by atoms with Crippen LogP contribution in [-0.4, -0.2) is 29.6 Å². The van der Waals surface area contributed by atoms with Gasteiger partial charge in [-0.05, 0) is 12.8 Å². The van der Waals surface area contributed by atoms with E-state index in [1.54, 1.807) is 0 Å². The molecule has 34 heavy (non-hydrogen) atoms. The lowest BCUT2D eigenvalue weighted by atomic mass is 10.1. The van der Waals surface area contributed by atoms with Gasteiger partial charge in [0.15, 0.2) is 0 Å². The van der Waals surface area contributed by atoms with Crippen LogP contribution in [0.2, 0.25) is 0 Å². The van der Waals surface area contributed by atoms with Crippen molar-refractivity contribution >= 4 is 11.9 Å². The van der Waals surface area contributed by atoms with Gasteiger partial charge in [0, 0.05) is 26.7 Å². The molecule has 0 rings (SSSR count). The number of esters is 2. The lowest BCUT2D eigenvalue weighted by Gasteiger charge is -2.13. The molecule has 0 aromatic rings. The van der Waals surface area contributed by atoms with E-state index in [9.17, 15) is 14.5 Å². The summed E-state index contributed by atoms with van der Waals surface area (Å²) in [5, 5.41) is -0.0866. The molecular weight excluding hydrogens is 438 g/mol. The van der Waals surface area contributed by atoms with Gasteiger partial charge in [-0.1, -0.05) is 104 Å². The van der Waals surface area contributed by atoms with E-state index in [2.05, 4.69) is 13.8 Å². The SMILES string of the molecule is CCCCCCCCCCC(OC(C)=O)O[N+](=O)OC(CCCCCCCCCC)OC(C)=O. The van der Waals surface area contributed by atoms with Crippen molar-refractivity contribution in [1.82, 2.24) is 0 Å². The molecule has 0 N–H and O–H groups in total. The molecular formula is C26H50NO7+. The molecule has 0 heterocycles. The molecule has 0 spiro atoms. The molecule has 200 valence electrons. The van der Waals surface area contributed by atoms with Crippen LogP contribution in [0.5, 0.6) is 0 Å². The smallest absolute Gasteiger partial charge is 0.418 e. The van der Waals surface area contributed by atoms with Crippen LogP contribution in [-0.2, 0) is 28.7 Å². The summed E-state index contributed by atoms with van der Waals surface area (Å²) >= 11 is 0. The van der Waals surface area contributed by atoms with Gasteiger partial charge in [-0.2, -0.15) is 0 Å². The van der Waals surface area contributed by atoms with Crippen LogP contribution in [0.15, 0.2) is 0 Å². The van der Waals surface area contributed by atoms with Crippen molar-refractivity contribution in [3.05, 3.63) is 4.91 Å². The van der Waals surface area contributed by atoms with Gasteiger partial charge >= 0.3 is 29.6 Å². The molecule has 0 saturated heterocycles. The molecule has 0 aromatic carbocycles. The summed E-state index contributed by atoms with van der Waals surface area (Å²) in [5.41, 5.74) is 0. The molecule has 0 aromatic heterocycles. The highest BCUT2D eigenvalue weighted by Gasteiger charge is 2.30. The number of hydrogen-bond donors (Lipinski definition) is 0. The number of hydrogen-bond acceptors (Lipinski definition) is 7. The van der Waals surface area contributed by atoms with Crippen molar-refractivity contribution in [2.45, 2.75) is 156 Å². The first kappa shape index (κ1) is 32.1. The van der Waals surface area contributed by atoms with E-state index in [0.717, 1.165) is 38.5 Å². The Morgan fingerprint density at radius 3 is 1.15 bits per heavy atom. The highest BCUT2D eigenvalue weighted by Crippen LogP contribution is 2.16. The normalized spacial score (nSPS) is 12.6. The molecule has 0 radical (unpaired) electrons. The fourth-order valence-corrected chi connectivity index (χ4v) is 3.74. The first-order valence-electron chi connectivity index (χ1n) is 13.5. The Morgan fingerprint density at radius 2 is 0.853 bits per heavy atom.